The minimum atomic E-state index is 0.169. The Morgan fingerprint density at radius 1 is 1.05 bits per heavy atom. The quantitative estimate of drug-likeness (QED) is 0.751. The third-order valence-electron chi connectivity index (χ3n) is 3.65. The lowest BCUT2D eigenvalue weighted by atomic mass is 10.1. The van der Waals surface area contributed by atoms with Gasteiger partial charge < -0.3 is 9.84 Å². The molecule has 1 aromatic heterocycles. The predicted molar refractivity (Wildman–Crippen MR) is 82.0 cm³/mol. The van der Waals surface area contributed by atoms with Gasteiger partial charge in [-0.25, -0.2) is 0 Å². The normalized spacial score (nSPS) is 12.6. The van der Waals surface area contributed by atoms with Crippen LogP contribution in [-0.2, 0) is 0 Å². The first-order chi connectivity index (χ1) is 9.65. The molecule has 0 amide bonds. The van der Waals surface area contributed by atoms with Crippen LogP contribution in [0.4, 0.5) is 5.69 Å². The molecule has 0 radical (unpaired) electrons. The van der Waals surface area contributed by atoms with Gasteiger partial charge in [0.05, 0.1) is 11.7 Å². The maximum atomic E-state index is 5.23. The molecular formula is C17H18N2O. The Hall–Kier alpha value is -2.29. The van der Waals surface area contributed by atoms with Crippen LogP contribution in [0.2, 0.25) is 0 Å². The van der Waals surface area contributed by atoms with Gasteiger partial charge in [-0.15, -0.1) is 0 Å². The average Bonchev–Trinajstić information content (AvgIpc) is 2.78. The summed E-state index contributed by atoms with van der Waals surface area (Å²) in [5.74, 6) is 0.878. The van der Waals surface area contributed by atoms with Crippen molar-refractivity contribution in [3.8, 4) is 0 Å². The predicted octanol–water partition coefficient (Wildman–Crippen LogP) is 4.62. The van der Waals surface area contributed by atoms with Crippen LogP contribution in [0.15, 0.2) is 47.0 Å². The first-order valence-electron chi connectivity index (χ1n) is 6.83. The van der Waals surface area contributed by atoms with E-state index < -0.39 is 0 Å². The van der Waals surface area contributed by atoms with Gasteiger partial charge in [-0.1, -0.05) is 35.5 Å². The number of benzene rings is 2. The summed E-state index contributed by atoms with van der Waals surface area (Å²) in [6, 6.07) is 14.9. The average molecular weight is 266 g/mol. The molecule has 102 valence electrons. The smallest absolute Gasteiger partial charge is 0.139 e. The number of anilines is 1. The highest BCUT2D eigenvalue weighted by Crippen LogP contribution is 2.26. The van der Waals surface area contributed by atoms with Crippen molar-refractivity contribution in [3.63, 3.8) is 0 Å². The molecule has 3 rings (SSSR count). The zero-order chi connectivity index (χ0) is 14.1. The van der Waals surface area contributed by atoms with E-state index in [1.807, 2.05) is 13.8 Å². The Morgan fingerprint density at radius 3 is 2.50 bits per heavy atom. The molecule has 3 aromatic rings. The minimum Gasteiger partial charge on any atom is -0.378 e. The van der Waals surface area contributed by atoms with E-state index in [2.05, 4.69) is 59.9 Å². The molecule has 0 fully saturated rings. The first-order valence-corrected chi connectivity index (χ1v) is 6.83. The highest BCUT2D eigenvalue weighted by Gasteiger charge is 2.16. The number of nitrogens with one attached hydrogen (secondary N) is 1. The molecule has 20 heavy (non-hydrogen) atoms. The lowest BCUT2D eigenvalue weighted by Gasteiger charge is -2.15. The zero-order valence-electron chi connectivity index (χ0n) is 12.0. The molecule has 0 aliphatic carbocycles. The fourth-order valence-electron chi connectivity index (χ4n) is 2.71. The van der Waals surface area contributed by atoms with Crippen molar-refractivity contribution in [1.29, 1.82) is 0 Å². The monoisotopic (exact) mass is 266 g/mol. The fraction of sp³-hybridized carbons (Fsp3) is 0.235. The summed E-state index contributed by atoms with van der Waals surface area (Å²) < 4.78 is 5.23. The Morgan fingerprint density at radius 2 is 1.80 bits per heavy atom. The molecule has 1 unspecified atom stereocenters. The Bertz CT molecular complexity index is 726. The van der Waals surface area contributed by atoms with Crippen LogP contribution < -0.4 is 5.32 Å². The summed E-state index contributed by atoms with van der Waals surface area (Å²) >= 11 is 0. The number of rotatable bonds is 3. The van der Waals surface area contributed by atoms with Crippen molar-refractivity contribution >= 4 is 16.5 Å². The van der Waals surface area contributed by atoms with Gasteiger partial charge in [0.15, 0.2) is 0 Å². The van der Waals surface area contributed by atoms with Gasteiger partial charge in [0.25, 0.3) is 0 Å². The van der Waals surface area contributed by atoms with E-state index in [1.165, 1.54) is 10.8 Å². The minimum absolute atomic E-state index is 0.169. The molecule has 0 saturated heterocycles. The van der Waals surface area contributed by atoms with Crippen molar-refractivity contribution in [3.05, 3.63) is 59.5 Å². The van der Waals surface area contributed by atoms with Crippen LogP contribution in [-0.4, -0.2) is 5.16 Å². The largest absolute Gasteiger partial charge is 0.378 e. The second-order valence-corrected chi connectivity index (χ2v) is 5.17. The van der Waals surface area contributed by atoms with E-state index in [-0.39, 0.29) is 6.04 Å². The van der Waals surface area contributed by atoms with Crippen molar-refractivity contribution in [2.75, 3.05) is 5.32 Å². The molecule has 0 aliphatic heterocycles. The maximum absolute atomic E-state index is 5.23. The lowest BCUT2D eigenvalue weighted by Crippen LogP contribution is -2.08. The third kappa shape index (κ3) is 2.27. The van der Waals surface area contributed by atoms with Gasteiger partial charge in [0.1, 0.15) is 5.76 Å². The van der Waals surface area contributed by atoms with E-state index in [9.17, 15) is 0 Å². The Balaban J connectivity index is 1.89. The van der Waals surface area contributed by atoms with E-state index in [0.717, 1.165) is 22.7 Å². The summed E-state index contributed by atoms with van der Waals surface area (Å²) in [4.78, 5) is 0. The molecule has 0 aliphatic rings. The van der Waals surface area contributed by atoms with E-state index in [4.69, 9.17) is 4.52 Å². The number of nitrogens with zero attached hydrogens (tertiary/aromatic N) is 1. The topological polar surface area (TPSA) is 38.1 Å². The zero-order valence-corrected chi connectivity index (χ0v) is 12.0. The van der Waals surface area contributed by atoms with Gasteiger partial charge in [-0.05, 0) is 43.7 Å². The molecule has 1 heterocycles. The molecule has 0 spiro atoms. The summed E-state index contributed by atoms with van der Waals surface area (Å²) in [6.45, 7) is 6.06. The SMILES string of the molecule is Cc1noc(C)c1C(C)Nc1ccc2ccccc2c1. The Kier molecular flexibility index (Phi) is 3.18. The second kappa shape index (κ2) is 5.00. The van der Waals surface area contributed by atoms with E-state index in [1.54, 1.807) is 0 Å². The summed E-state index contributed by atoms with van der Waals surface area (Å²) in [5.41, 5.74) is 3.19. The summed E-state index contributed by atoms with van der Waals surface area (Å²) in [6.07, 6.45) is 0. The van der Waals surface area contributed by atoms with Crippen molar-refractivity contribution in [2.24, 2.45) is 0 Å². The summed E-state index contributed by atoms with van der Waals surface area (Å²) in [5, 5.41) is 10.0. The van der Waals surface area contributed by atoms with Crippen molar-refractivity contribution < 1.29 is 4.52 Å². The second-order valence-electron chi connectivity index (χ2n) is 5.17. The van der Waals surface area contributed by atoms with Gasteiger partial charge >= 0.3 is 0 Å². The van der Waals surface area contributed by atoms with Gasteiger partial charge in [0.2, 0.25) is 0 Å². The van der Waals surface area contributed by atoms with Crippen LogP contribution >= 0.6 is 0 Å². The molecule has 1 atom stereocenters. The van der Waals surface area contributed by atoms with Crippen LogP contribution in [0, 0.1) is 13.8 Å². The van der Waals surface area contributed by atoms with Crippen LogP contribution in [0.25, 0.3) is 10.8 Å². The number of aryl methyl sites for hydroxylation is 2. The third-order valence-corrected chi connectivity index (χ3v) is 3.65. The van der Waals surface area contributed by atoms with Crippen molar-refractivity contribution in [1.82, 2.24) is 5.16 Å². The van der Waals surface area contributed by atoms with Crippen LogP contribution in [0.1, 0.15) is 30.0 Å². The van der Waals surface area contributed by atoms with Gasteiger partial charge in [-0.2, -0.15) is 0 Å². The molecule has 3 nitrogen and oxygen atoms in total. The maximum Gasteiger partial charge on any atom is 0.139 e. The fourth-order valence-corrected chi connectivity index (χ4v) is 2.71. The van der Waals surface area contributed by atoms with Gasteiger partial charge in [-0.3, -0.25) is 0 Å². The summed E-state index contributed by atoms with van der Waals surface area (Å²) in [7, 11) is 0. The molecule has 0 saturated carbocycles. The standard InChI is InChI=1S/C17H18N2O/c1-11(17-12(2)19-20-13(17)3)18-16-9-8-14-6-4-5-7-15(14)10-16/h4-11,18H,1-3H3. The van der Waals surface area contributed by atoms with Crippen LogP contribution in [0.5, 0.6) is 0 Å². The molecular weight excluding hydrogens is 248 g/mol. The van der Waals surface area contributed by atoms with Crippen molar-refractivity contribution in [2.45, 2.75) is 26.8 Å². The van der Waals surface area contributed by atoms with Crippen LogP contribution in [0.3, 0.4) is 0 Å². The molecule has 3 heteroatoms. The number of hydrogen-bond acceptors (Lipinski definition) is 3. The Labute approximate surface area is 118 Å². The molecule has 0 bridgehead atoms. The van der Waals surface area contributed by atoms with Gasteiger partial charge in [0, 0.05) is 11.3 Å². The first kappa shape index (κ1) is 12.7. The van der Waals surface area contributed by atoms with E-state index >= 15 is 0 Å². The lowest BCUT2D eigenvalue weighted by molar-refractivity contribution is 0.392. The highest BCUT2D eigenvalue weighted by molar-refractivity contribution is 5.85. The number of aromatic nitrogens is 1. The molecule has 1 N–H and O–H groups in total. The highest BCUT2D eigenvalue weighted by atomic mass is 16.5. The number of fused-ring (bicyclic) bond motifs is 1. The number of hydrogen-bond donors (Lipinski definition) is 1. The van der Waals surface area contributed by atoms with E-state index in [0.29, 0.717) is 0 Å². The molecule has 2 aromatic carbocycles.